The summed E-state index contributed by atoms with van der Waals surface area (Å²) in [4.78, 5) is 44.7. The number of aromatic nitrogens is 1. The van der Waals surface area contributed by atoms with Crippen LogP contribution in [0.25, 0.3) is 22.2 Å². The van der Waals surface area contributed by atoms with Gasteiger partial charge in [-0.05, 0) is 71.4 Å². The molecule has 4 rings (SSSR count). The van der Waals surface area contributed by atoms with E-state index in [9.17, 15) is 14.4 Å². The van der Waals surface area contributed by atoms with Crippen LogP contribution in [0.5, 0.6) is 5.75 Å². The number of para-hydroxylation sites is 1. The fourth-order valence-corrected chi connectivity index (χ4v) is 5.25. The number of ether oxygens (including phenoxy) is 3. The van der Waals surface area contributed by atoms with Crippen LogP contribution in [-0.4, -0.2) is 41.6 Å². The number of hydrogen-bond acceptors (Lipinski definition) is 8. The summed E-state index contributed by atoms with van der Waals surface area (Å²) >= 11 is 0.989. The Hall–Kier alpha value is -4.24. The molecule has 208 valence electrons. The third kappa shape index (κ3) is 6.31. The normalized spacial score (nSPS) is 11.1. The lowest BCUT2D eigenvalue weighted by Crippen LogP contribution is -2.17. The Balaban J connectivity index is 1.79. The van der Waals surface area contributed by atoms with Gasteiger partial charge in [0.15, 0.2) is 0 Å². The number of fused-ring (bicyclic) bond motifs is 1. The average molecular weight is 561 g/mol. The Bertz CT molecular complexity index is 1570. The number of nitrogens with zero attached hydrogens (tertiary/aromatic N) is 1. The van der Waals surface area contributed by atoms with Gasteiger partial charge in [0, 0.05) is 10.9 Å². The molecule has 2 aromatic carbocycles. The van der Waals surface area contributed by atoms with Crippen LogP contribution in [0.1, 0.15) is 70.6 Å². The maximum absolute atomic E-state index is 13.8. The van der Waals surface area contributed by atoms with Crippen LogP contribution in [0.3, 0.4) is 0 Å². The van der Waals surface area contributed by atoms with Crippen LogP contribution in [0.15, 0.2) is 54.6 Å². The van der Waals surface area contributed by atoms with Gasteiger partial charge in [-0.1, -0.05) is 30.3 Å². The average Bonchev–Trinajstić information content (AvgIpc) is 3.23. The first kappa shape index (κ1) is 28.8. The molecule has 40 heavy (non-hydrogen) atoms. The second kappa shape index (κ2) is 12.3. The van der Waals surface area contributed by atoms with Crippen LogP contribution < -0.4 is 10.1 Å². The molecule has 0 fully saturated rings. The lowest BCUT2D eigenvalue weighted by Gasteiger charge is -2.13. The van der Waals surface area contributed by atoms with Crippen LogP contribution in [0, 0.1) is 6.92 Å². The van der Waals surface area contributed by atoms with Crippen molar-refractivity contribution in [2.45, 2.75) is 53.8 Å². The molecule has 1 amide bonds. The minimum absolute atomic E-state index is 0.130. The Labute approximate surface area is 237 Å². The Morgan fingerprint density at radius 1 is 0.925 bits per heavy atom. The number of amides is 1. The van der Waals surface area contributed by atoms with Gasteiger partial charge in [0.25, 0.3) is 5.91 Å². The molecule has 0 radical (unpaired) electrons. The maximum atomic E-state index is 13.8. The summed E-state index contributed by atoms with van der Waals surface area (Å²) < 4.78 is 16.5. The highest BCUT2D eigenvalue weighted by Gasteiger charge is 2.29. The molecule has 0 atom stereocenters. The van der Waals surface area contributed by atoms with Crippen LogP contribution in [0.2, 0.25) is 0 Å². The molecular formula is C31H32N2O6S. The van der Waals surface area contributed by atoms with E-state index in [0.717, 1.165) is 16.9 Å². The van der Waals surface area contributed by atoms with Gasteiger partial charge in [-0.25, -0.2) is 14.6 Å². The minimum atomic E-state index is -0.629. The van der Waals surface area contributed by atoms with Gasteiger partial charge in [-0.15, -0.1) is 11.3 Å². The molecule has 0 saturated carbocycles. The fraction of sp³-hybridized carbons (Fsp3) is 0.290. The molecule has 0 aliphatic rings. The van der Waals surface area contributed by atoms with Gasteiger partial charge in [-0.3, -0.25) is 4.79 Å². The molecule has 1 N–H and O–H groups in total. The van der Waals surface area contributed by atoms with Crippen molar-refractivity contribution in [2.75, 3.05) is 11.9 Å². The van der Waals surface area contributed by atoms with Crippen molar-refractivity contribution in [3.05, 3.63) is 76.2 Å². The molecule has 0 spiro atoms. The van der Waals surface area contributed by atoms with E-state index in [1.807, 2.05) is 55.5 Å². The molecule has 0 unspecified atom stereocenters. The lowest BCUT2D eigenvalue weighted by molar-refractivity contribution is 0.0378. The fourth-order valence-electron chi connectivity index (χ4n) is 4.18. The molecular weight excluding hydrogens is 528 g/mol. The number of anilines is 1. The third-order valence-corrected chi connectivity index (χ3v) is 7.04. The largest absolute Gasteiger partial charge is 0.494 e. The molecule has 9 heteroatoms. The Morgan fingerprint density at radius 2 is 1.62 bits per heavy atom. The summed E-state index contributed by atoms with van der Waals surface area (Å²) in [6, 6.07) is 16.6. The smallest absolute Gasteiger partial charge is 0.348 e. The zero-order chi connectivity index (χ0) is 29.0. The number of carbonyl (C=O) groups excluding carboxylic acids is 3. The summed E-state index contributed by atoms with van der Waals surface area (Å²) in [5.41, 5.74) is 2.90. The molecule has 8 nitrogen and oxygen atoms in total. The monoisotopic (exact) mass is 560 g/mol. The quantitative estimate of drug-likeness (QED) is 0.219. The molecule has 2 aromatic heterocycles. The summed E-state index contributed by atoms with van der Waals surface area (Å²) in [6.07, 6.45) is -0.735. The van der Waals surface area contributed by atoms with Crippen molar-refractivity contribution < 1.29 is 28.6 Å². The predicted molar refractivity (Wildman–Crippen MR) is 156 cm³/mol. The van der Waals surface area contributed by atoms with E-state index in [2.05, 4.69) is 5.32 Å². The molecule has 4 aromatic rings. The maximum Gasteiger partial charge on any atom is 0.348 e. The van der Waals surface area contributed by atoms with Crippen molar-refractivity contribution in [3.8, 4) is 17.0 Å². The first-order chi connectivity index (χ1) is 19.1. The number of esters is 2. The highest BCUT2D eigenvalue weighted by Crippen LogP contribution is 2.36. The van der Waals surface area contributed by atoms with Crippen molar-refractivity contribution in [1.82, 2.24) is 4.98 Å². The molecule has 0 saturated heterocycles. The summed E-state index contributed by atoms with van der Waals surface area (Å²) in [5, 5.41) is 3.73. The highest BCUT2D eigenvalue weighted by atomic mass is 32.1. The molecule has 0 bridgehead atoms. The first-order valence-electron chi connectivity index (χ1n) is 13.1. The molecule has 2 heterocycles. The van der Waals surface area contributed by atoms with Gasteiger partial charge in [0.1, 0.15) is 15.6 Å². The van der Waals surface area contributed by atoms with E-state index < -0.39 is 17.8 Å². The Morgan fingerprint density at radius 3 is 2.33 bits per heavy atom. The van der Waals surface area contributed by atoms with Gasteiger partial charge in [-0.2, -0.15) is 0 Å². The van der Waals surface area contributed by atoms with Crippen molar-refractivity contribution in [2.24, 2.45) is 0 Å². The van der Waals surface area contributed by atoms with E-state index in [4.69, 9.17) is 19.2 Å². The highest BCUT2D eigenvalue weighted by molar-refractivity contribution is 7.18. The van der Waals surface area contributed by atoms with E-state index in [1.165, 1.54) is 0 Å². The van der Waals surface area contributed by atoms with Crippen molar-refractivity contribution in [3.63, 3.8) is 0 Å². The number of benzene rings is 2. The second-order valence-electron chi connectivity index (χ2n) is 9.66. The summed E-state index contributed by atoms with van der Waals surface area (Å²) in [7, 11) is 0. The standard InChI is InChI=1S/C31H32N2O6S/c1-7-37-21-12-10-11-20(15-21)25-16-23(22-13-8-9-14-24(22)32-25)28(34)33-29-26(30(35)38-17(2)3)19(6)27(40-29)31(36)39-18(4)5/h8-18H,7H2,1-6H3,(H,33,34). The van der Waals surface area contributed by atoms with Crippen molar-refractivity contribution >= 4 is 45.1 Å². The van der Waals surface area contributed by atoms with Crippen LogP contribution >= 0.6 is 11.3 Å². The lowest BCUT2D eigenvalue weighted by atomic mass is 10.0. The molecule has 0 aliphatic heterocycles. The van der Waals surface area contributed by atoms with Gasteiger partial charge in [0.2, 0.25) is 0 Å². The SMILES string of the molecule is CCOc1cccc(-c2cc(C(=O)Nc3sc(C(=O)OC(C)C)c(C)c3C(=O)OC(C)C)c3ccccc3n2)c1. The zero-order valence-corrected chi connectivity index (χ0v) is 24.2. The first-order valence-corrected chi connectivity index (χ1v) is 13.9. The number of nitrogens with one attached hydrogen (secondary N) is 1. The van der Waals surface area contributed by atoms with E-state index in [1.54, 1.807) is 40.7 Å². The van der Waals surface area contributed by atoms with E-state index >= 15 is 0 Å². The van der Waals surface area contributed by atoms with Gasteiger partial charge >= 0.3 is 11.9 Å². The van der Waals surface area contributed by atoms with Crippen molar-refractivity contribution in [1.29, 1.82) is 0 Å². The summed E-state index contributed by atoms with van der Waals surface area (Å²) in [5.74, 6) is -0.952. The van der Waals surface area contributed by atoms with Crippen LogP contribution in [0.4, 0.5) is 5.00 Å². The zero-order valence-electron chi connectivity index (χ0n) is 23.4. The second-order valence-corrected chi connectivity index (χ2v) is 10.7. The number of thiophene rings is 1. The predicted octanol–water partition coefficient (Wildman–Crippen LogP) is 7.05. The number of rotatable bonds is 9. The molecule has 0 aliphatic carbocycles. The van der Waals surface area contributed by atoms with Gasteiger partial charge in [0.05, 0.1) is 41.2 Å². The summed E-state index contributed by atoms with van der Waals surface area (Å²) in [6.45, 7) is 11.0. The number of carbonyl (C=O) groups is 3. The number of hydrogen-bond donors (Lipinski definition) is 1. The minimum Gasteiger partial charge on any atom is -0.494 e. The van der Waals surface area contributed by atoms with E-state index in [0.29, 0.717) is 40.1 Å². The van der Waals surface area contributed by atoms with E-state index in [-0.39, 0.29) is 27.6 Å². The topological polar surface area (TPSA) is 104 Å². The van der Waals surface area contributed by atoms with Gasteiger partial charge < -0.3 is 19.5 Å². The number of pyridine rings is 1. The Kier molecular flexibility index (Phi) is 8.84. The third-order valence-electron chi connectivity index (χ3n) is 5.85. The van der Waals surface area contributed by atoms with Crippen LogP contribution in [-0.2, 0) is 9.47 Å².